The van der Waals surface area contributed by atoms with Gasteiger partial charge < -0.3 is 20.9 Å². The minimum absolute atomic E-state index is 0.0306. The van der Waals surface area contributed by atoms with E-state index in [-0.39, 0.29) is 5.91 Å². The summed E-state index contributed by atoms with van der Waals surface area (Å²) < 4.78 is 0. The van der Waals surface area contributed by atoms with E-state index < -0.39 is 0 Å². The number of hydrogen-bond donors (Lipinski definition) is 2. The van der Waals surface area contributed by atoms with Gasteiger partial charge >= 0.3 is 0 Å². The van der Waals surface area contributed by atoms with E-state index >= 15 is 0 Å². The van der Waals surface area contributed by atoms with E-state index in [0.29, 0.717) is 17.3 Å². The molecule has 2 fully saturated rings. The van der Waals surface area contributed by atoms with Crippen LogP contribution in [-0.2, 0) is 0 Å². The maximum atomic E-state index is 12.0. The summed E-state index contributed by atoms with van der Waals surface area (Å²) in [7, 11) is 0. The molecule has 2 aromatic rings. The minimum Gasteiger partial charge on any atom is -0.396 e. The summed E-state index contributed by atoms with van der Waals surface area (Å²) in [6.07, 6.45) is 5.60. The summed E-state index contributed by atoms with van der Waals surface area (Å²) in [5.41, 5.74) is 7.34. The summed E-state index contributed by atoms with van der Waals surface area (Å²) in [5, 5.41) is 2.98. The van der Waals surface area contributed by atoms with Gasteiger partial charge in [0.25, 0.3) is 5.91 Å². The van der Waals surface area contributed by atoms with Crippen LogP contribution in [0.25, 0.3) is 0 Å². The van der Waals surface area contributed by atoms with E-state index in [1.807, 2.05) is 24.3 Å². The molecule has 3 N–H and O–H groups in total. The minimum atomic E-state index is -0.0306. The van der Waals surface area contributed by atoms with E-state index in [9.17, 15) is 4.79 Å². The zero-order chi connectivity index (χ0) is 17.2. The van der Waals surface area contributed by atoms with E-state index in [4.69, 9.17) is 5.73 Å². The van der Waals surface area contributed by atoms with Gasteiger partial charge in [-0.25, -0.2) is 9.97 Å². The molecule has 0 spiro atoms. The maximum Gasteiger partial charge on any atom is 0.253 e. The van der Waals surface area contributed by atoms with Crippen LogP contribution in [0.2, 0.25) is 0 Å². The lowest BCUT2D eigenvalue weighted by molar-refractivity contribution is 0.0950. The largest absolute Gasteiger partial charge is 0.396 e. The van der Waals surface area contributed by atoms with Crippen molar-refractivity contribution in [2.24, 2.45) is 0 Å². The first-order valence-electron chi connectivity index (χ1n) is 8.68. The van der Waals surface area contributed by atoms with Crippen LogP contribution < -0.4 is 20.9 Å². The van der Waals surface area contributed by atoms with Crippen LogP contribution in [0.3, 0.4) is 0 Å². The third-order valence-corrected chi connectivity index (χ3v) is 4.64. The molecular formula is C18H22N6O. The number of nitrogens with one attached hydrogen (secondary N) is 1. The number of rotatable bonds is 4. The average Bonchev–Trinajstić information content (AvgIpc) is 3.46. The molecule has 1 saturated heterocycles. The molecule has 2 aliphatic rings. The number of amides is 1. The van der Waals surface area contributed by atoms with Crippen LogP contribution in [0.15, 0.2) is 36.7 Å². The molecule has 0 atom stereocenters. The molecule has 1 saturated carbocycles. The zero-order valence-corrected chi connectivity index (χ0v) is 14.1. The second-order valence-electron chi connectivity index (χ2n) is 6.54. The fourth-order valence-electron chi connectivity index (χ4n) is 3.02. The molecular weight excluding hydrogens is 316 g/mol. The fraction of sp³-hybridized carbons (Fsp3) is 0.389. The number of carbonyl (C=O) groups excluding carboxylic acids is 1. The summed E-state index contributed by atoms with van der Waals surface area (Å²) in [6, 6.07) is 7.86. The number of nitrogen functional groups attached to an aromatic ring is 1. The number of nitrogens with zero attached hydrogens (tertiary/aromatic N) is 4. The van der Waals surface area contributed by atoms with Crippen molar-refractivity contribution in [2.45, 2.75) is 18.9 Å². The molecule has 7 heteroatoms. The summed E-state index contributed by atoms with van der Waals surface area (Å²) in [4.78, 5) is 25.3. The number of piperazine rings is 1. The highest BCUT2D eigenvalue weighted by Gasteiger charge is 2.24. The van der Waals surface area contributed by atoms with E-state index in [2.05, 4.69) is 25.1 Å². The average molecular weight is 338 g/mol. The lowest BCUT2D eigenvalue weighted by Crippen LogP contribution is -2.47. The first kappa shape index (κ1) is 15.7. The third-order valence-electron chi connectivity index (χ3n) is 4.64. The Kier molecular flexibility index (Phi) is 4.13. The molecule has 3 heterocycles. The summed E-state index contributed by atoms with van der Waals surface area (Å²) in [6.45, 7) is 3.37. The van der Waals surface area contributed by atoms with Gasteiger partial charge in [-0.3, -0.25) is 4.79 Å². The normalized spacial score (nSPS) is 17.4. The van der Waals surface area contributed by atoms with Crippen molar-refractivity contribution in [3.05, 3.63) is 42.2 Å². The Hall–Kier alpha value is -2.83. The molecule has 0 unspecified atom stereocenters. The van der Waals surface area contributed by atoms with E-state index in [1.54, 1.807) is 12.4 Å². The van der Waals surface area contributed by atoms with E-state index in [1.165, 1.54) is 0 Å². The van der Waals surface area contributed by atoms with Crippen LogP contribution in [0, 0.1) is 0 Å². The molecule has 2 aromatic heterocycles. The summed E-state index contributed by atoms with van der Waals surface area (Å²) in [5.74, 6) is 1.72. The Morgan fingerprint density at radius 1 is 1.08 bits per heavy atom. The fourth-order valence-corrected chi connectivity index (χ4v) is 3.02. The number of pyridine rings is 2. The van der Waals surface area contributed by atoms with Gasteiger partial charge in [0.2, 0.25) is 0 Å². The van der Waals surface area contributed by atoms with Crippen LogP contribution in [-0.4, -0.2) is 48.1 Å². The van der Waals surface area contributed by atoms with Crippen LogP contribution in [0.5, 0.6) is 0 Å². The maximum absolute atomic E-state index is 12.0. The standard InChI is InChI=1S/C18H22N6O/c19-15-2-1-7-20-17(15)24-10-8-23(9-11-24)16-6-3-13(12-21-16)18(25)22-14-4-5-14/h1-3,6-7,12,14H,4-5,8-11,19H2,(H,22,25). The highest BCUT2D eigenvalue weighted by atomic mass is 16.1. The molecule has 1 aliphatic heterocycles. The molecule has 1 aliphatic carbocycles. The number of anilines is 3. The van der Waals surface area contributed by atoms with Crippen molar-refractivity contribution in [3.8, 4) is 0 Å². The quantitative estimate of drug-likeness (QED) is 0.873. The highest BCUT2D eigenvalue weighted by molar-refractivity contribution is 5.94. The second-order valence-corrected chi connectivity index (χ2v) is 6.54. The smallest absolute Gasteiger partial charge is 0.253 e. The number of hydrogen-bond acceptors (Lipinski definition) is 6. The molecule has 0 bridgehead atoms. The lowest BCUT2D eigenvalue weighted by atomic mass is 10.2. The predicted octanol–water partition coefficient (Wildman–Crippen LogP) is 1.28. The number of carbonyl (C=O) groups is 1. The Morgan fingerprint density at radius 2 is 1.84 bits per heavy atom. The molecule has 0 radical (unpaired) electrons. The van der Waals surface area contributed by atoms with Gasteiger partial charge in [0, 0.05) is 44.6 Å². The first-order chi connectivity index (χ1) is 12.2. The lowest BCUT2D eigenvalue weighted by Gasteiger charge is -2.36. The monoisotopic (exact) mass is 338 g/mol. The Labute approximate surface area is 146 Å². The van der Waals surface area contributed by atoms with Gasteiger partial charge in [0.15, 0.2) is 5.82 Å². The molecule has 0 aromatic carbocycles. The van der Waals surface area contributed by atoms with Gasteiger partial charge in [0.1, 0.15) is 5.82 Å². The van der Waals surface area contributed by atoms with Crippen molar-refractivity contribution >= 4 is 23.2 Å². The Morgan fingerprint density at radius 3 is 2.48 bits per heavy atom. The van der Waals surface area contributed by atoms with Crippen molar-refractivity contribution in [2.75, 3.05) is 41.7 Å². The molecule has 1 amide bonds. The van der Waals surface area contributed by atoms with Gasteiger partial charge in [-0.05, 0) is 37.1 Å². The van der Waals surface area contributed by atoms with Crippen molar-refractivity contribution < 1.29 is 4.79 Å². The van der Waals surface area contributed by atoms with Crippen molar-refractivity contribution in [1.29, 1.82) is 0 Å². The topological polar surface area (TPSA) is 87.4 Å². The van der Waals surface area contributed by atoms with E-state index in [0.717, 1.165) is 50.7 Å². The van der Waals surface area contributed by atoms with Crippen LogP contribution in [0.4, 0.5) is 17.3 Å². The Bertz CT molecular complexity index is 750. The third kappa shape index (κ3) is 3.50. The molecule has 4 rings (SSSR count). The van der Waals surface area contributed by atoms with Crippen LogP contribution in [0.1, 0.15) is 23.2 Å². The van der Waals surface area contributed by atoms with Gasteiger partial charge in [-0.1, -0.05) is 0 Å². The number of nitrogens with two attached hydrogens (primary N) is 1. The van der Waals surface area contributed by atoms with Crippen molar-refractivity contribution in [3.63, 3.8) is 0 Å². The number of aromatic nitrogens is 2. The van der Waals surface area contributed by atoms with Gasteiger partial charge in [-0.2, -0.15) is 0 Å². The van der Waals surface area contributed by atoms with Crippen molar-refractivity contribution in [1.82, 2.24) is 15.3 Å². The molecule has 7 nitrogen and oxygen atoms in total. The molecule has 25 heavy (non-hydrogen) atoms. The predicted molar refractivity (Wildman–Crippen MR) is 97.8 cm³/mol. The highest BCUT2D eigenvalue weighted by Crippen LogP contribution is 2.23. The van der Waals surface area contributed by atoms with Crippen LogP contribution >= 0.6 is 0 Å². The zero-order valence-electron chi connectivity index (χ0n) is 14.1. The molecule has 130 valence electrons. The Balaban J connectivity index is 1.37. The van der Waals surface area contributed by atoms with Gasteiger partial charge in [-0.15, -0.1) is 0 Å². The SMILES string of the molecule is Nc1cccnc1N1CCN(c2ccc(C(=O)NC3CC3)cn2)CC1. The van der Waals surface area contributed by atoms with Gasteiger partial charge in [0.05, 0.1) is 11.3 Å². The first-order valence-corrected chi connectivity index (χ1v) is 8.68. The summed E-state index contributed by atoms with van der Waals surface area (Å²) >= 11 is 0. The second kappa shape index (κ2) is 6.58.